The lowest BCUT2D eigenvalue weighted by atomic mass is 10.0. The molecule has 5 nitrogen and oxygen atoms in total. The first-order valence-electron chi connectivity index (χ1n) is 4.48. The maximum absolute atomic E-state index is 10.5. The zero-order valence-electron chi connectivity index (χ0n) is 7.88. The average molecular weight is 206 g/mol. The van der Waals surface area contributed by atoms with Crippen molar-refractivity contribution in [3.05, 3.63) is 30.0 Å². The van der Waals surface area contributed by atoms with Crippen molar-refractivity contribution in [3.8, 4) is 0 Å². The molecule has 0 amide bonds. The Morgan fingerprint density at radius 1 is 1.60 bits per heavy atom. The van der Waals surface area contributed by atoms with E-state index in [1.807, 2.05) is 6.07 Å². The molecule has 5 heteroatoms. The fraction of sp³-hybridized carbons (Fsp3) is 0.200. The largest absolute Gasteiger partial charge is 0.481 e. The van der Waals surface area contributed by atoms with Crippen molar-refractivity contribution in [2.24, 2.45) is 5.73 Å². The van der Waals surface area contributed by atoms with Crippen LogP contribution in [0, 0.1) is 0 Å². The van der Waals surface area contributed by atoms with Gasteiger partial charge in [-0.1, -0.05) is 11.2 Å². The van der Waals surface area contributed by atoms with Gasteiger partial charge in [-0.3, -0.25) is 4.79 Å². The first-order chi connectivity index (χ1) is 7.16. The van der Waals surface area contributed by atoms with E-state index in [1.54, 1.807) is 12.1 Å². The Kier molecular flexibility index (Phi) is 2.39. The molecule has 2 rings (SSSR count). The van der Waals surface area contributed by atoms with E-state index < -0.39 is 12.0 Å². The molecule has 1 aromatic carbocycles. The quantitative estimate of drug-likeness (QED) is 0.790. The molecule has 1 aromatic heterocycles. The second kappa shape index (κ2) is 3.70. The average Bonchev–Trinajstić information content (AvgIpc) is 2.62. The van der Waals surface area contributed by atoms with Gasteiger partial charge in [-0.2, -0.15) is 0 Å². The minimum absolute atomic E-state index is 0.0939. The number of aliphatic carboxylic acids is 1. The molecule has 1 heterocycles. The van der Waals surface area contributed by atoms with E-state index in [2.05, 4.69) is 5.16 Å². The van der Waals surface area contributed by atoms with Crippen LogP contribution in [0.4, 0.5) is 0 Å². The third-order valence-corrected chi connectivity index (χ3v) is 2.21. The van der Waals surface area contributed by atoms with Crippen LogP contribution in [0.3, 0.4) is 0 Å². The van der Waals surface area contributed by atoms with Crippen molar-refractivity contribution >= 4 is 16.9 Å². The molecule has 78 valence electrons. The van der Waals surface area contributed by atoms with Crippen LogP contribution >= 0.6 is 0 Å². The molecule has 2 aromatic rings. The van der Waals surface area contributed by atoms with Gasteiger partial charge in [-0.25, -0.2) is 0 Å². The second-order valence-electron chi connectivity index (χ2n) is 3.34. The highest BCUT2D eigenvalue weighted by Crippen LogP contribution is 2.19. The number of aromatic nitrogens is 1. The minimum Gasteiger partial charge on any atom is -0.481 e. The standard InChI is InChI=1S/C10H10N2O3/c11-8(4-10(13)14)6-1-2-7-5-15-12-9(7)3-6/h1-3,5,8H,4,11H2,(H,13,14). The Balaban J connectivity index is 2.30. The van der Waals surface area contributed by atoms with Gasteiger partial charge in [0.15, 0.2) is 0 Å². The first-order valence-corrected chi connectivity index (χ1v) is 4.48. The van der Waals surface area contributed by atoms with E-state index in [9.17, 15) is 4.79 Å². The van der Waals surface area contributed by atoms with Crippen LogP contribution in [0.5, 0.6) is 0 Å². The number of hydrogen-bond acceptors (Lipinski definition) is 4. The Morgan fingerprint density at radius 2 is 2.40 bits per heavy atom. The van der Waals surface area contributed by atoms with Crippen LogP contribution in [-0.2, 0) is 4.79 Å². The Hall–Kier alpha value is -1.88. The summed E-state index contributed by atoms with van der Waals surface area (Å²) >= 11 is 0. The molecule has 0 aliphatic rings. The van der Waals surface area contributed by atoms with Gasteiger partial charge in [0.05, 0.1) is 6.42 Å². The van der Waals surface area contributed by atoms with Crippen LogP contribution in [-0.4, -0.2) is 16.2 Å². The highest BCUT2D eigenvalue weighted by atomic mass is 16.5. The lowest BCUT2D eigenvalue weighted by Gasteiger charge is -2.08. The Bertz CT molecular complexity index is 492. The van der Waals surface area contributed by atoms with E-state index >= 15 is 0 Å². The Labute approximate surface area is 85.5 Å². The zero-order chi connectivity index (χ0) is 10.8. The van der Waals surface area contributed by atoms with Gasteiger partial charge in [0.2, 0.25) is 0 Å². The lowest BCUT2D eigenvalue weighted by molar-refractivity contribution is -0.137. The first kappa shape index (κ1) is 9.67. The molecule has 0 aliphatic heterocycles. The predicted molar refractivity (Wildman–Crippen MR) is 53.2 cm³/mol. The van der Waals surface area contributed by atoms with Gasteiger partial charge >= 0.3 is 5.97 Å². The summed E-state index contributed by atoms with van der Waals surface area (Å²) in [4.78, 5) is 10.5. The molecule has 0 fully saturated rings. The fourth-order valence-corrected chi connectivity index (χ4v) is 1.42. The van der Waals surface area contributed by atoms with Gasteiger partial charge in [0.25, 0.3) is 0 Å². The van der Waals surface area contributed by atoms with Gasteiger partial charge < -0.3 is 15.4 Å². The van der Waals surface area contributed by atoms with Gasteiger partial charge in [0.1, 0.15) is 11.8 Å². The van der Waals surface area contributed by atoms with Crippen molar-refractivity contribution in [1.82, 2.24) is 5.16 Å². The monoisotopic (exact) mass is 206 g/mol. The van der Waals surface area contributed by atoms with E-state index in [4.69, 9.17) is 15.4 Å². The second-order valence-corrected chi connectivity index (χ2v) is 3.34. The molecule has 0 saturated carbocycles. The van der Waals surface area contributed by atoms with Crippen LogP contribution in [0.2, 0.25) is 0 Å². The highest BCUT2D eigenvalue weighted by Gasteiger charge is 2.11. The maximum atomic E-state index is 10.5. The molecule has 0 saturated heterocycles. The van der Waals surface area contributed by atoms with Crippen molar-refractivity contribution < 1.29 is 14.4 Å². The van der Waals surface area contributed by atoms with Crippen molar-refractivity contribution in [2.75, 3.05) is 0 Å². The van der Waals surface area contributed by atoms with Crippen LogP contribution < -0.4 is 5.73 Å². The maximum Gasteiger partial charge on any atom is 0.305 e. The van der Waals surface area contributed by atoms with Gasteiger partial charge in [0, 0.05) is 11.4 Å². The molecule has 15 heavy (non-hydrogen) atoms. The molecular formula is C10H10N2O3. The summed E-state index contributed by atoms with van der Waals surface area (Å²) < 4.78 is 4.77. The minimum atomic E-state index is -0.914. The number of hydrogen-bond donors (Lipinski definition) is 2. The summed E-state index contributed by atoms with van der Waals surface area (Å²) in [5.41, 5.74) is 7.15. The van der Waals surface area contributed by atoms with E-state index in [0.29, 0.717) is 5.52 Å². The van der Waals surface area contributed by atoms with Gasteiger partial charge in [-0.15, -0.1) is 0 Å². The lowest BCUT2D eigenvalue weighted by Crippen LogP contribution is -2.14. The summed E-state index contributed by atoms with van der Waals surface area (Å²) in [7, 11) is 0. The molecule has 0 bridgehead atoms. The number of carboxylic acids is 1. The predicted octanol–water partition coefficient (Wildman–Crippen LogP) is 1.30. The fourth-order valence-electron chi connectivity index (χ4n) is 1.42. The molecule has 3 N–H and O–H groups in total. The number of carbonyl (C=O) groups is 1. The summed E-state index contributed by atoms with van der Waals surface area (Å²) in [5.74, 6) is -0.914. The summed E-state index contributed by atoms with van der Waals surface area (Å²) in [6, 6.07) is 4.83. The number of carboxylic acid groups (broad SMARTS) is 1. The number of nitrogens with two attached hydrogens (primary N) is 1. The molecular weight excluding hydrogens is 196 g/mol. The van der Waals surface area contributed by atoms with E-state index in [0.717, 1.165) is 10.9 Å². The molecule has 0 radical (unpaired) electrons. The highest BCUT2D eigenvalue weighted by molar-refractivity contribution is 5.78. The number of rotatable bonds is 3. The van der Waals surface area contributed by atoms with Crippen LogP contribution in [0.25, 0.3) is 10.9 Å². The van der Waals surface area contributed by atoms with Crippen LogP contribution in [0.15, 0.2) is 29.0 Å². The van der Waals surface area contributed by atoms with E-state index in [-0.39, 0.29) is 6.42 Å². The van der Waals surface area contributed by atoms with E-state index in [1.165, 1.54) is 6.26 Å². The third-order valence-electron chi connectivity index (χ3n) is 2.21. The number of fused-ring (bicyclic) bond motifs is 1. The van der Waals surface area contributed by atoms with Crippen molar-refractivity contribution in [3.63, 3.8) is 0 Å². The molecule has 1 unspecified atom stereocenters. The van der Waals surface area contributed by atoms with Crippen molar-refractivity contribution in [2.45, 2.75) is 12.5 Å². The summed E-state index contributed by atoms with van der Waals surface area (Å²) in [5, 5.41) is 13.2. The SMILES string of the molecule is NC(CC(=O)O)c1ccc2conc2c1. The van der Waals surface area contributed by atoms with Gasteiger partial charge in [-0.05, 0) is 17.7 Å². The van der Waals surface area contributed by atoms with Crippen molar-refractivity contribution in [1.29, 1.82) is 0 Å². The number of nitrogens with zero attached hydrogens (tertiary/aromatic N) is 1. The Morgan fingerprint density at radius 3 is 3.13 bits per heavy atom. The normalized spacial score (nSPS) is 12.9. The topological polar surface area (TPSA) is 89.4 Å². The summed E-state index contributed by atoms with van der Waals surface area (Å²) in [6.07, 6.45) is 1.44. The zero-order valence-corrected chi connectivity index (χ0v) is 7.88. The molecule has 1 atom stereocenters. The molecule has 0 spiro atoms. The molecule has 0 aliphatic carbocycles. The third kappa shape index (κ3) is 1.97. The summed E-state index contributed by atoms with van der Waals surface area (Å²) in [6.45, 7) is 0. The number of benzene rings is 1. The smallest absolute Gasteiger partial charge is 0.305 e. The van der Waals surface area contributed by atoms with Crippen LogP contribution in [0.1, 0.15) is 18.0 Å².